The van der Waals surface area contributed by atoms with Crippen LogP contribution in [0.3, 0.4) is 0 Å². The molecule has 1 aliphatic heterocycles. The maximum atomic E-state index is 13.5. The molecule has 56 heavy (non-hydrogen) atoms. The molecule has 4 aromatic carbocycles. The highest BCUT2D eigenvalue weighted by atomic mass is 16.5. The first-order valence-electron chi connectivity index (χ1n) is 18.6. The van der Waals surface area contributed by atoms with Crippen molar-refractivity contribution in [3.63, 3.8) is 0 Å². The number of morpholine rings is 1. The molecule has 3 N–H and O–H groups in total. The van der Waals surface area contributed by atoms with Crippen molar-refractivity contribution in [3.8, 4) is 29.1 Å². The second kappa shape index (κ2) is 18.0. The number of fused-ring (bicyclic) bond motifs is 1. The van der Waals surface area contributed by atoms with E-state index in [4.69, 9.17) is 18.9 Å². The summed E-state index contributed by atoms with van der Waals surface area (Å²) in [6.45, 7) is 10.7. The molecule has 1 saturated heterocycles. The Morgan fingerprint density at radius 3 is 2.39 bits per heavy atom. The number of carbonyl (C=O) groups is 2. The van der Waals surface area contributed by atoms with Crippen molar-refractivity contribution in [1.29, 1.82) is 5.26 Å². The third-order valence-corrected chi connectivity index (χ3v) is 9.57. The molecule has 290 valence electrons. The molecule has 2 heterocycles. The molecule has 12 nitrogen and oxygen atoms in total. The maximum Gasteiger partial charge on any atom is 0.323 e. The van der Waals surface area contributed by atoms with Gasteiger partial charge in [0.1, 0.15) is 23.0 Å². The van der Waals surface area contributed by atoms with Gasteiger partial charge in [0.05, 0.1) is 51.3 Å². The summed E-state index contributed by atoms with van der Waals surface area (Å²) in [5.41, 5.74) is 4.66. The van der Waals surface area contributed by atoms with E-state index in [-0.39, 0.29) is 17.7 Å². The van der Waals surface area contributed by atoms with Gasteiger partial charge in [0, 0.05) is 72.5 Å². The average Bonchev–Trinajstić information content (AvgIpc) is 3.19. The van der Waals surface area contributed by atoms with E-state index < -0.39 is 6.03 Å². The number of anilines is 2. The Hall–Kier alpha value is -6.16. The molecule has 0 spiro atoms. The minimum atomic E-state index is -0.457. The van der Waals surface area contributed by atoms with Crippen LogP contribution in [-0.2, 0) is 23.0 Å². The number of carbonyl (C=O) groups excluding carboxylic acids is 2. The van der Waals surface area contributed by atoms with E-state index in [1.807, 2.05) is 60.7 Å². The molecule has 0 bridgehead atoms. The topological polar surface area (TPSA) is 147 Å². The van der Waals surface area contributed by atoms with Crippen molar-refractivity contribution >= 4 is 34.1 Å². The lowest BCUT2D eigenvalue weighted by Gasteiger charge is -2.26. The molecule has 0 atom stereocenters. The summed E-state index contributed by atoms with van der Waals surface area (Å²) in [5.74, 6) is 2.06. The van der Waals surface area contributed by atoms with Crippen molar-refractivity contribution in [2.24, 2.45) is 0 Å². The molecule has 12 heteroatoms. The number of methoxy groups -OCH3 is 2. The molecule has 0 saturated carbocycles. The Morgan fingerprint density at radius 2 is 1.66 bits per heavy atom. The number of urea groups is 1. The predicted octanol–water partition coefficient (Wildman–Crippen LogP) is 7.70. The van der Waals surface area contributed by atoms with Gasteiger partial charge in [0.2, 0.25) is 0 Å². The fraction of sp³-hybridized carbons (Fsp3) is 0.318. The Labute approximate surface area is 327 Å². The van der Waals surface area contributed by atoms with Crippen LogP contribution in [0.2, 0.25) is 0 Å². The Bertz CT molecular complexity index is 2240. The molecule has 1 aromatic heterocycles. The van der Waals surface area contributed by atoms with Crippen molar-refractivity contribution in [3.05, 3.63) is 113 Å². The lowest BCUT2D eigenvalue weighted by molar-refractivity contribution is 0.0383. The van der Waals surface area contributed by atoms with Crippen molar-refractivity contribution < 1.29 is 28.5 Å². The lowest BCUT2D eigenvalue weighted by atomic mass is 9.85. The molecule has 3 amide bonds. The molecule has 5 aromatic rings. The fourth-order valence-electron chi connectivity index (χ4n) is 6.64. The lowest BCUT2D eigenvalue weighted by Crippen LogP contribution is -2.41. The summed E-state index contributed by atoms with van der Waals surface area (Å²) < 4.78 is 23.0. The smallest absolute Gasteiger partial charge is 0.323 e. The highest BCUT2D eigenvalue weighted by Gasteiger charge is 2.21. The van der Waals surface area contributed by atoms with Crippen molar-refractivity contribution in [2.45, 2.75) is 39.0 Å². The monoisotopic (exact) mass is 756 g/mol. The molecular weight excluding hydrogens is 709 g/mol. The first kappa shape index (κ1) is 39.5. The van der Waals surface area contributed by atoms with Gasteiger partial charge < -0.3 is 34.9 Å². The SMILES string of the molecule is COc1cc(Cc2cc(Oc3ccc(NC(=O)Nc4cc(C(C)(C)C)cc(CC#N)c4OC)c4ccccc34)ccn2)cc(C(=O)NCCN2CCOCC2)c1. The predicted molar refractivity (Wildman–Crippen MR) is 217 cm³/mol. The Morgan fingerprint density at radius 1 is 0.893 bits per heavy atom. The summed E-state index contributed by atoms with van der Waals surface area (Å²) in [6.07, 6.45) is 2.28. The van der Waals surface area contributed by atoms with Gasteiger partial charge in [0.25, 0.3) is 5.91 Å². The van der Waals surface area contributed by atoms with Crippen LogP contribution in [0.4, 0.5) is 16.2 Å². The van der Waals surface area contributed by atoms with E-state index in [2.05, 4.69) is 52.7 Å². The van der Waals surface area contributed by atoms with Crippen molar-refractivity contribution in [2.75, 3.05) is 64.2 Å². The zero-order valence-electron chi connectivity index (χ0n) is 32.5. The molecule has 6 rings (SSSR count). The number of rotatable bonds is 13. The number of ether oxygens (including phenoxy) is 4. The summed E-state index contributed by atoms with van der Waals surface area (Å²) in [6, 6.07) is 26.0. The molecule has 0 aliphatic carbocycles. The van der Waals surface area contributed by atoms with E-state index in [1.54, 1.807) is 31.5 Å². The zero-order chi connectivity index (χ0) is 39.7. The normalized spacial score (nSPS) is 13.1. The van der Waals surface area contributed by atoms with E-state index in [9.17, 15) is 14.9 Å². The number of nitrogens with zero attached hydrogens (tertiary/aromatic N) is 3. The number of hydrogen-bond acceptors (Lipinski definition) is 9. The summed E-state index contributed by atoms with van der Waals surface area (Å²) >= 11 is 0. The number of nitrogens with one attached hydrogen (secondary N) is 3. The molecular formula is C44H48N6O6. The summed E-state index contributed by atoms with van der Waals surface area (Å²) in [5, 5.41) is 20.0. The number of nitriles is 1. The van der Waals surface area contributed by atoms with Gasteiger partial charge in [-0.25, -0.2) is 4.79 Å². The summed E-state index contributed by atoms with van der Waals surface area (Å²) in [4.78, 5) is 33.4. The van der Waals surface area contributed by atoms with Gasteiger partial charge in [-0.2, -0.15) is 5.26 Å². The second-order valence-electron chi connectivity index (χ2n) is 14.6. The first-order chi connectivity index (χ1) is 27.0. The van der Waals surface area contributed by atoms with E-state index in [0.29, 0.717) is 71.7 Å². The molecule has 0 radical (unpaired) electrons. The fourth-order valence-corrected chi connectivity index (χ4v) is 6.64. The van der Waals surface area contributed by atoms with Gasteiger partial charge in [-0.05, 0) is 59.0 Å². The third kappa shape index (κ3) is 9.92. The number of hydrogen-bond donors (Lipinski definition) is 3. The minimum Gasteiger partial charge on any atom is -0.497 e. The number of benzene rings is 4. The largest absolute Gasteiger partial charge is 0.497 e. The van der Waals surface area contributed by atoms with E-state index >= 15 is 0 Å². The second-order valence-corrected chi connectivity index (χ2v) is 14.6. The third-order valence-electron chi connectivity index (χ3n) is 9.57. The number of aromatic nitrogens is 1. The van der Waals surface area contributed by atoms with Gasteiger partial charge in [-0.15, -0.1) is 0 Å². The molecule has 0 unspecified atom stereocenters. The van der Waals surface area contributed by atoms with Gasteiger partial charge >= 0.3 is 6.03 Å². The molecule has 1 aliphatic rings. The quantitative estimate of drug-likeness (QED) is 0.110. The van der Waals surface area contributed by atoms with Crippen LogP contribution >= 0.6 is 0 Å². The van der Waals surface area contributed by atoms with Crippen LogP contribution in [0.1, 0.15) is 53.5 Å². The zero-order valence-corrected chi connectivity index (χ0v) is 32.5. The minimum absolute atomic E-state index is 0.144. The Kier molecular flexibility index (Phi) is 12.7. The Balaban J connectivity index is 1.16. The van der Waals surface area contributed by atoms with Gasteiger partial charge in [-0.3, -0.25) is 14.7 Å². The van der Waals surface area contributed by atoms with Gasteiger partial charge in [0.15, 0.2) is 0 Å². The van der Waals surface area contributed by atoms with Crippen LogP contribution in [-0.4, -0.2) is 75.4 Å². The highest BCUT2D eigenvalue weighted by Crippen LogP contribution is 2.37. The summed E-state index contributed by atoms with van der Waals surface area (Å²) in [7, 11) is 3.11. The maximum absolute atomic E-state index is 13.5. The van der Waals surface area contributed by atoms with Crippen LogP contribution in [0.5, 0.6) is 23.0 Å². The van der Waals surface area contributed by atoms with E-state index in [1.165, 1.54) is 7.11 Å². The first-order valence-corrected chi connectivity index (χ1v) is 18.6. The van der Waals surface area contributed by atoms with Crippen molar-refractivity contribution in [1.82, 2.24) is 15.2 Å². The van der Waals surface area contributed by atoms with Crippen LogP contribution in [0, 0.1) is 11.3 Å². The number of pyridine rings is 1. The van der Waals surface area contributed by atoms with Crippen LogP contribution in [0.25, 0.3) is 10.8 Å². The average molecular weight is 757 g/mol. The van der Waals surface area contributed by atoms with E-state index in [0.717, 1.165) is 47.2 Å². The molecule has 1 fully saturated rings. The van der Waals surface area contributed by atoms with Crippen LogP contribution in [0.15, 0.2) is 85.1 Å². The highest BCUT2D eigenvalue weighted by molar-refractivity contribution is 6.08. The number of amides is 3. The van der Waals surface area contributed by atoms with Gasteiger partial charge in [-0.1, -0.05) is 51.1 Å². The van der Waals surface area contributed by atoms with Crippen LogP contribution < -0.4 is 30.2 Å². The standard InChI is InChI=1S/C44H48N6O6/c1-44(2,3)32-25-30(12-14-45)41(54-5)39(27-32)49-43(52)48-38-10-11-40(37-9-7-6-8-36(37)38)56-34-13-15-46-33(28-34)23-29-22-31(26-35(24-29)53-4)42(51)47-16-17-50-18-20-55-21-19-50/h6-11,13,15,22,24-28H,12,16-21,23H2,1-5H3,(H,47,51)(H2,48,49,52).